The third-order valence-electron chi connectivity index (χ3n) is 4.13. The molecule has 0 spiro atoms. The summed E-state index contributed by atoms with van der Waals surface area (Å²) in [4.78, 5) is 11.0. The fourth-order valence-electron chi connectivity index (χ4n) is 2.63. The summed E-state index contributed by atoms with van der Waals surface area (Å²) in [5, 5.41) is 2.95. The van der Waals surface area contributed by atoms with E-state index in [4.69, 9.17) is 11.6 Å². The first-order chi connectivity index (χ1) is 11.7. The van der Waals surface area contributed by atoms with Crippen LogP contribution in [0.2, 0.25) is 0 Å². The van der Waals surface area contributed by atoms with Gasteiger partial charge in [0.05, 0.1) is 0 Å². The smallest absolute Gasteiger partial charge is 0.252 e. The predicted octanol–water partition coefficient (Wildman–Crippen LogP) is 6.95. The molecule has 24 heavy (non-hydrogen) atoms. The highest BCUT2D eigenvalue weighted by Crippen LogP contribution is 2.12. The molecule has 1 N–H and O–H groups in total. The lowest BCUT2D eigenvalue weighted by atomic mass is 10.1. The monoisotopic (exact) mass is 349 g/mol. The highest BCUT2D eigenvalue weighted by Gasteiger charge is 2.00. The molecule has 0 aliphatic heterocycles. The number of carbonyl (C=O) groups is 1. The van der Waals surface area contributed by atoms with Crippen LogP contribution in [0, 0.1) is 0 Å². The quantitative estimate of drug-likeness (QED) is 0.223. The first-order valence-corrected chi connectivity index (χ1v) is 9.80. The van der Waals surface area contributed by atoms with Crippen LogP contribution in [-0.2, 0) is 0 Å². The third kappa shape index (κ3) is 10.5. The molecular formula is C21H32ClNO. The standard InChI is InChI=1S/C21H32ClNO/c1-2-3-4-5-6-7-8-9-10-11-12-13-18-23-20-16-14-19(15-17-20)21(22)24/h10-11,14-17,23H,2-9,12-13,18H2,1H3/b11-10+. The van der Waals surface area contributed by atoms with E-state index in [1.54, 1.807) is 12.1 Å². The van der Waals surface area contributed by atoms with Crippen molar-refractivity contribution in [1.29, 1.82) is 0 Å². The molecule has 0 heterocycles. The van der Waals surface area contributed by atoms with E-state index in [0.717, 1.165) is 25.1 Å². The fourth-order valence-corrected chi connectivity index (χ4v) is 2.75. The largest absolute Gasteiger partial charge is 0.385 e. The summed E-state index contributed by atoms with van der Waals surface area (Å²) >= 11 is 5.42. The molecule has 3 heteroatoms. The van der Waals surface area contributed by atoms with Crippen molar-refractivity contribution in [3.63, 3.8) is 0 Å². The van der Waals surface area contributed by atoms with E-state index < -0.39 is 5.24 Å². The van der Waals surface area contributed by atoms with Crippen LogP contribution >= 0.6 is 11.6 Å². The molecule has 0 radical (unpaired) electrons. The van der Waals surface area contributed by atoms with Gasteiger partial charge in [0.25, 0.3) is 5.24 Å². The topological polar surface area (TPSA) is 29.1 Å². The molecule has 1 aromatic rings. The van der Waals surface area contributed by atoms with E-state index in [9.17, 15) is 4.79 Å². The van der Waals surface area contributed by atoms with Gasteiger partial charge in [0.15, 0.2) is 0 Å². The zero-order valence-electron chi connectivity index (χ0n) is 15.0. The highest BCUT2D eigenvalue weighted by molar-refractivity contribution is 6.67. The normalized spacial score (nSPS) is 11.1. The Labute approximate surface area is 152 Å². The minimum absolute atomic E-state index is 0.410. The molecule has 0 aliphatic carbocycles. The number of halogens is 1. The lowest BCUT2D eigenvalue weighted by Gasteiger charge is -2.05. The molecule has 1 aromatic carbocycles. The molecule has 0 fully saturated rings. The van der Waals surface area contributed by atoms with Gasteiger partial charge in [-0.1, -0.05) is 57.6 Å². The average molecular weight is 350 g/mol. The van der Waals surface area contributed by atoms with Crippen molar-refractivity contribution in [2.45, 2.75) is 71.1 Å². The van der Waals surface area contributed by atoms with E-state index >= 15 is 0 Å². The van der Waals surface area contributed by atoms with Gasteiger partial charge < -0.3 is 5.32 Å². The summed E-state index contributed by atoms with van der Waals surface area (Å²) < 4.78 is 0. The van der Waals surface area contributed by atoms with Gasteiger partial charge >= 0.3 is 0 Å². The second-order valence-corrected chi connectivity index (χ2v) is 6.64. The van der Waals surface area contributed by atoms with Crippen LogP contribution in [0.4, 0.5) is 5.69 Å². The second kappa shape index (κ2) is 14.1. The zero-order valence-corrected chi connectivity index (χ0v) is 15.8. The molecule has 0 saturated heterocycles. The van der Waals surface area contributed by atoms with Gasteiger partial charge in [0, 0.05) is 17.8 Å². The number of unbranched alkanes of at least 4 members (excludes halogenated alkanes) is 8. The number of anilines is 1. The van der Waals surface area contributed by atoms with Crippen LogP contribution in [0.5, 0.6) is 0 Å². The van der Waals surface area contributed by atoms with Crippen molar-refractivity contribution >= 4 is 22.5 Å². The Hall–Kier alpha value is -1.28. The Morgan fingerprint density at radius 3 is 2.12 bits per heavy atom. The SMILES string of the molecule is CCCCCCCCC/C=C/CCCNc1ccc(C(=O)Cl)cc1. The summed E-state index contributed by atoms with van der Waals surface area (Å²) in [5.41, 5.74) is 1.57. The molecule has 0 unspecified atom stereocenters. The van der Waals surface area contributed by atoms with Crippen LogP contribution in [0.25, 0.3) is 0 Å². The molecular weight excluding hydrogens is 318 g/mol. The van der Waals surface area contributed by atoms with E-state index in [0.29, 0.717) is 5.56 Å². The molecule has 1 rings (SSSR count). The maximum atomic E-state index is 11.0. The zero-order chi connectivity index (χ0) is 17.5. The number of hydrogen-bond donors (Lipinski definition) is 1. The average Bonchev–Trinajstić information content (AvgIpc) is 2.59. The molecule has 134 valence electrons. The Bertz CT molecular complexity index is 467. The van der Waals surface area contributed by atoms with Crippen molar-refractivity contribution < 1.29 is 4.79 Å². The first kappa shape index (κ1) is 20.8. The first-order valence-electron chi connectivity index (χ1n) is 9.42. The second-order valence-electron chi connectivity index (χ2n) is 6.30. The highest BCUT2D eigenvalue weighted by atomic mass is 35.5. The van der Waals surface area contributed by atoms with Gasteiger partial charge in [-0.25, -0.2) is 0 Å². The predicted molar refractivity (Wildman–Crippen MR) is 106 cm³/mol. The number of nitrogens with one attached hydrogen (secondary N) is 1. The molecule has 0 saturated carbocycles. The summed E-state index contributed by atoms with van der Waals surface area (Å²) in [5.74, 6) is 0. The van der Waals surface area contributed by atoms with Crippen LogP contribution < -0.4 is 5.32 Å². The van der Waals surface area contributed by atoms with Gasteiger partial charge in [-0.05, 0) is 61.5 Å². The van der Waals surface area contributed by atoms with E-state index in [2.05, 4.69) is 24.4 Å². The van der Waals surface area contributed by atoms with Crippen molar-refractivity contribution in [2.24, 2.45) is 0 Å². The summed E-state index contributed by atoms with van der Waals surface area (Å²) in [6, 6.07) is 7.29. The Kier molecular flexibility index (Phi) is 12.2. The van der Waals surface area contributed by atoms with Gasteiger partial charge in [-0.3, -0.25) is 4.79 Å². The Balaban J connectivity index is 1.95. The fraction of sp³-hybridized carbons (Fsp3) is 0.571. The van der Waals surface area contributed by atoms with Crippen LogP contribution in [0.1, 0.15) is 81.5 Å². The molecule has 0 bridgehead atoms. The molecule has 2 nitrogen and oxygen atoms in total. The van der Waals surface area contributed by atoms with Crippen LogP contribution in [-0.4, -0.2) is 11.8 Å². The van der Waals surface area contributed by atoms with Crippen molar-refractivity contribution in [1.82, 2.24) is 0 Å². The number of allylic oxidation sites excluding steroid dienone is 2. The Morgan fingerprint density at radius 2 is 1.50 bits per heavy atom. The van der Waals surface area contributed by atoms with Gasteiger partial charge in [0.1, 0.15) is 0 Å². The summed E-state index contributed by atoms with van der Waals surface area (Å²) in [7, 11) is 0. The number of carbonyl (C=O) groups excluding carboxylic acids is 1. The lowest BCUT2D eigenvalue weighted by Crippen LogP contribution is -2.01. The van der Waals surface area contributed by atoms with Crippen LogP contribution in [0.3, 0.4) is 0 Å². The molecule has 0 atom stereocenters. The summed E-state index contributed by atoms with van der Waals surface area (Å²) in [6.07, 6.45) is 17.7. The van der Waals surface area contributed by atoms with Crippen LogP contribution in [0.15, 0.2) is 36.4 Å². The van der Waals surface area contributed by atoms with Gasteiger partial charge in [0.2, 0.25) is 0 Å². The van der Waals surface area contributed by atoms with E-state index in [-0.39, 0.29) is 0 Å². The Morgan fingerprint density at radius 1 is 0.917 bits per heavy atom. The number of benzene rings is 1. The van der Waals surface area contributed by atoms with Crippen molar-refractivity contribution in [3.05, 3.63) is 42.0 Å². The minimum Gasteiger partial charge on any atom is -0.385 e. The van der Waals surface area contributed by atoms with Crippen molar-refractivity contribution in [2.75, 3.05) is 11.9 Å². The number of rotatable bonds is 14. The summed E-state index contributed by atoms with van der Waals surface area (Å²) in [6.45, 7) is 3.20. The van der Waals surface area contributed by atoms with Crippen molar-refractivity contribution in [3.8, 4) is 0 Å². The third-order valence-corrected chi connectivity index (χ3v) is 4.35. The number of hydrogen-bond acceptors (Lipinski definition) is 2. The molecule has 0 aromatic heterocycles. The molecule has 0 aliphatic rings. The maximum absolute atomic E-state index is 11.0. The minimum atomic E-state index is -0.410. The van der Waals surface area contributed by atoms with Gasteiger partial charge in [-0.15, -0.1) is 0 Å². The molecule has 0 amide bonds. The van der Waals surface area contributed by atoms with Gasteiger partial charge in [-0.2, -0.15) is 0 Å². The van der Waals surface area contributed by atoms with E-state index in [1.165, 1.54) is 51.4 Å². The lowest BCUT2D eigenvalue weighted by molar-refractivity contribution is 0.108. The van der Waals surface area contributed by atoms with E-state index in [1.807, 2.05) is 12.1 Å². The maximum Gasteiger partial charge on any atom is 0.252 e.